The minimum atomic E-state index is -1.40. The van der Waals surface area contributed by atoms with E-state index in [9.17, 15) is 0 Å². The van der Waals surface area contributed by atoms with Crippen LogP contribution in [0.3, 0.4) is 0 Å². The maximum Gasteiger partial charge on any atom is 0.0223 e. The fourth-order valence-electron chi connectivity index (χ4n) is 0. The average Bonchev–Trinajstić information content (AvgIpc) is 1.31. The fraction of sp³-hybridized carbons (Fsp3) is 1.00. The lowest BCUT2D eigenvalue weighted by atomic mass is 11.3. The van der Waals surface area contributed by atoms with Crippen molar-refractivity contribution in [1.29, 1.82) is 5.16 Å². The van der Waals surface area contributed by atoms with Crippen molar-refractivity contribution in [3.8, 4) is 0 Å². The van der Waals surface area contributed by atoms with E-state index in [0.29, 0.717) is 0 Å². The van der Waals surface area contributed by atoms with Gasteiger partial charge in [0.25, 0.3) is 0 Å². The van der Waals surface area contributed by atoms with E-state index >= 15 is 0 Å². The van der Waals surface area contributed by atoms with Crippen LogP contribution in [0.4, 0.5) is 0 Å². The van der Waals surface area contributed by atoms with Gasteiger partial charge in [0.1, 0.15) is 0 Å². The molecule has 0 heterocycles. The Morgan fingerprint density at radius 1 is 1.29 bits per heavy atom. The second-order valence-corrected chi connectivity index (χ2v) is 5.83. The van der Waals surface area contributed by atoms with Crippen LogP contribution < -0.4 is 0 Å². The van der Waals surface area contributed by atoms with Gasteiger partial charge in [0.2, 0.25) is 0 Å². The Labute approximate surface area is 45.4 Å². The van der Waals surface area contributed by atoms with Crippen LogP contribution in [0.5, 0.6) is 0 Å². The van der Waals surface area contributed by atoms with Crippen LogP contribution in [0.1, 0.15) is 0 Å². The Morgan fingerprint density at radius 2 is 1.43 bits per heavy atom. The van der Waals surface area contributed by atoms with Crippen molar-refractivity contribution < 1.29 is 0 Å². The summed E-state index contributed by atoms with van der Waals surface area (Å²) in [6.45, 7) is 3.93. The highest BCUT2D eigenvalue weighted by Crippen LogP contribution is 2.38. The zero-order chi connectivity index (χ0) is 6.08. The van der Waals surface area contributed by atoms with E-state index < -0.39 is 7.21 Å². The molecule has 2 nitrogen and oxygen atoms in total. The Balaban J connectivity index is 3.80. The smallest absolute Gasteiger partial charge is 0.0223 e. The number of nitrogens with zero attached hydrogens (tertiary/aromatic N) is 1. The third kappa shape index (κ3) is 2.84. The molecule has 0 fully saturated rings. The minimum absolute atomic E-state index is 1.40. The molecule has 0 saturated heterocycles. The lowest BCUT2D eigenvalue weighted by molar-refractivity contribution is 0.672. The van der Waals surface area contributed by atoms with Gasteiger partial charge in [-0.1, -0.05) is 0 Å². The third-order valence-corrected chi connectivity index (χ3v) is 3.00. The lowest BCUT2D eigenvalue weighted by Crippen LogP contribution is -2.04. The quantitative estimate of drug-likeness (QED) is 0.521. The molecule has 1 N–H and O–H groups in total. The molecule has 7 heavy (non-hydrogen) atoms. The molecule has 0 aromatic heterocycles. The number of nitrogens with one attached hydrogen (secondary N) is 1. The summed E-state index contributed by atoms with van der Waals surface area (Å²) in [7, 11) is 2.49. The first kappa shape index (κ1) is 7.19. The van der Waals surface area contributed by atoms with E-state index in [1.54, 1.807) is 0 Å². The normalized spacial score (nSPS) is 12.7. The van der Waals surface area contributed by atoms with Crippen molar-refractivity contribution in [3.63, 3.8) is 0 Å². The summed E-state index contributed by atoms with van der Waals surface area (Å²) < 4.78 is 1.97. The fourth-order valence-corrected chi connectivity index (χ4v) is 0. The first-order valence-corrected chi connectivity index (χ1v) is 4.85. The molecule has 0 rings (SSSR count). The predicted molar refractivity (Wildman–Crippen MR) is 35.2 cm³/mol. The first-order valence-electron chi connectivity index (χ1n) is 2.21. The summed E-state index contributed by atoms with van der Waals surface area (Å²) in [5.41, 5.74) is 0. The topological polar surface area (TPSA) is 27.1 Å². The lowest BCUT2D eigenvalue weighted by Gasteiger charge is -2.18. The maximum atomic E-state index is 7.42. The molecule has 0 aliphatic rings. The molecule has 0 amide bonds. The highest BCUT2D eigenvalue weighted by Gasteiger charge is 2.01. The molecule has 0 radical (unpaired) electrons. The van der Waals surface area contributed by atoms with Crippen LogP contribution >= 0.6 is 7.21 Å². The van der Waals surface area contributed by atoms with Crippen LogP contribution in [0.15, 0.2) is 0 Å². The van der Waals surface area contributed by atoms with Gasteiger partial charge in [0.15, 0.2) is 0 Å². The van der Waals surface area contributed by atoms with Gasteiger partial charge in [-0.15, -0.1) is 0 Å². The van der Waals surface area contributed by atoms with Crippen molar-refractivity contribution >= 4 is 7.21 Å². The van der Waals surface area contributed by atoms with Gasteiger partial charge < -0.3 is 5.16 Å². The van der Waals surface area contributed by atoms with Crippen LogP contribution in [0.25, 0.3) is 0 Å². The Kier molecular flexibility index (Phi) is 2.03. The van der Waals surface area contributed by atoms with Crippen LogP contribution in [0.2, 0.25) is 0 Å². The Hall–Kier alpha value is 0.190. The maximum absolute atomic E-state index is 7.42. The molecular formula is C4H13N2P. The van der Waals surface area contributed by atoms with Crippen LogP contribution in [-0.2, 0) is 0 Å². The molecule has 0 saturated carbocycles. The van der Waals surface area contributed by atoms with Crippen molar-refractivity contribution in [2.75, 3.05) is 27.4 Å². The second-order valence-electron chi connectivity index (χ2n) is 2.24. The highest BCUT2D eigenvalue weighted by atomic mass is 31.2. The van der Waals surface area contributed by atoms with Crippen LogP contribution in [-0.4, -0.2) is 32.1 Å². The van der Waals surface area contributed by atoms with Crippen LogP contribution in [0, 0.1) is 5.16 Å². The van der Waals surface area contributed by atoms with Crippen molar-refractivity contribution in [2.24, 2.45) is 0 Å². The third-order valence-electron chi connectivity index (χ3n) is 1.000. The van der Waals surface area contributed by atoms with E-state index in [-0.39, 0.29) is 0 Å². The predicted octanol–water partition coefficient (Wildman–Crippen LogP) is 1.50. The van der Waals surface area contributed by atoms with Gasteiger partial charge in [-0.3, -0.25) is 4.67 Å². The van der Waals surface area contributed by atoms with E-state index in [0.717, 1.165) is 0 Å². The summed E-state index contributed by atoms with van der Waals surface area (Å²) in [6.07, 6.45) is 0. The van der Waals surface area contributed by atoms with Gasteiger partial charge in [0.05, 0.1) is 0 Å². The molecule has 0 aliphatic heterocycles. The van der Waals surface area contributed by atoms with E-state index in [2.05, 4.69) is 0 Å². The first-order chi connectivity index (χ1) is 2.94. The zero-order valence-corrected chi connectivity index (χ0v) is 6.29. The van der Waals surface area contributed by atoms with Crippen molar-refractivity contribution in [3.05, 3.63) is 0 Å². The summed E-state index contributed by atoms with van der Waals surface area (Å²) in [6, 6.07) is 0. The highest BCUT2D eigenvalue weighted by molar-refractivity contribution is 7.61. The number of rotatable bonds is 1. The van der Waals surface area contributed by atoms with Crippen molar-refractivity contribution in [1.82, 2.24) is 4.67 Å². The zero-order valence-electron chi connectivity index (χ0n) is 5.39. The van der Waals surface area contributed by atoms with Gasteiger partial charge >= 0.3 is 0 Å². The summed E-state index contributed by atoms with van der Waals surface area (Å²) >= 11 is 0. The summed E-state index contributed by atoms with van der Waals surface area (Å²) in [5, 5.41) is 7.42. The van der Waals surface area contributed by atoms with Gasteiger partial charge in [-0.05, 0) is 27.4 Å². The van der Waals surface area contributed by atoms with Gasteiger partial charge in [-0.2, -0.15) is 0 Å². The molecule has 0 aromatic carbocycles. The summed E-state index contributed by atoms with van der Waals surface area (Å²) in [5.74, 6) is 0. The summed E-state index contributed by atoms with van der Waals surface area (Å²) in [4.78, 5) is 0. The number of hydrogen-bond acceptors (Lipinski definition) is 1. The van der Waals surface area contributed by atoms with Gasteiger partial charge in [0, 0.05) is 7.21 Å². The molecule has 3 heteroatoms. The average molecular weight is 120 g/mol. The molecular weight excluding hydrogens is 107 g/mol. The standard InChI is InChI=1S/C4H13N2P/c1-6(2)7(3,4)5/h5H,1-4H3. The Bertz CT molecular complexity index is 91.9. The number of hydrogen-bond donors (Lipinski definition) is 1. The second kappa shape index (κ2) is 1.97. The Morgan fingerprint density at radius 3 is 1.43 bits per heavy atom. The monoisotopic (exact) mass is 120 g/mol. The SMILES string of the molecule is CN(C)P(C)(C)=N. The molecule has 0 atom stereocenters. The molecule has 0 unspecified atom stereocenters. The van der Waals surface area contributed by atoms with E-state index in [4.69, 9.17) is 5.16 Å². The van der Waals surface area contributed by atoms with E-state index in [1.165, 1.54) is 0 Å². The van der Waals surface area contributed by atoms with Crippen molar-refractivity contribution in [2.45, 2.75) is 0 Å². The largest absolute Gasteiger partial charge is 0.304 e. The molecule has 0 bridgehead atoms. The van der Waals surface area contributed by atoms with E-state index in [1.807, 2.05) is 32.1 Å². The molecule has 0 aromatic rings. The van der Waals surface area contributed by atoms with Gasteiger partial charge in [-0.25, -0.2) is 0 Å². The molecule has 0 aliphatic carbocycles. The minimum Gasteiger partial charge on any atom is -0.304 e. The molecule has 44 valence electrons. The molecule has 0 spiro atoms.